The molecule has 0 aliphatic rings. The second-order valence-electron chi connectivity index (χ2n) is 8.34. The van der Waals surface area contributed by atoms with Crippen molar-refractivity contribution in [1.82, 2.24) is 20.9 Å². The molecule has 0 spiro atoms. The van der Waals surface area contributed by atoms with Crippen molar-refractivity contribution in [3.63, 3.8) is 0 Å². The lowest BCUT2D eigenvalue weighted by atomic mass is 10.0. The first-order valence-corrected chi connectivity index (χ1v) is 11.6. The van der Waals surface area contributed by atoms with Gasteiger partial charge < -0.3 is 47.7 Å². The quantitative estimate of drug-likeness (QED) is 0.118. The average Bonchev–Trinajstić information content (AvgIpc) is 3.28. The van der Waals surface area contributed by atoms with E-state index in [2.05, 4.69) is 20.9 Å². The van der Waals surface area contributed by atoms with Crippen molar-refractivity contribution in [3.8, 4) is 0 Å². The third-order valence-corrected chi connectivity index (χ3v) is 5.64. The van der Waals surface area contributed by atoms with E-state index in [-0.39, 0.29) is 12.8 Å². The summed E-state index contributed by atoms with van der Waals surface area (Å²) in [6.45, 7) is -1.08. The van der Waals surface area contributed by atoms with Crippen molar-refractivity contribution in [2.75, 3.05) is 19.8 Å². The number of nitrogens with two attached hydrogens (primary N) is 2. The Balaban J connectivity index is 2.17. The number of para-hydroxylation sites is 1. The maximum atomic E-state index is 13.1. The molecule has 1 heterocycles. The number of aliphatic hydroxyl groups is 2. The number of carboxylic acid groups (broad SMARTS) is 1. The number of amides is 3. The molecule has 36 heavy (non-hydrogen) atoms. The first-order chi connectivity index (χ1) is 17.2. The molecule has 1 aromatic heterocycles. The zero-order valence-corrected chi connectivity index (χ0v) is 19.8. The van der Waals surface area contributed by atoms with E-state index in [1.165, 1.54) is 0 Å². The van der Waals surface area contributed by atoms with Crippen LogP contribution in [0.4, 0.5) is 0 Å². The summed E-state index contributed by atoms with van der Waals surface area (Å²) in [5.74, 6) is -3.74. The highest BCUT2D eigenvalue weighted by Crippen LogP contribution is 2.19. The highest BCUT2D eigenvalue weighted by molar-refractivity contribution is 5.95. The molecule has 0 aliphatic carbocycles. The number of H-pyrrole nitrogens is 1. The lowest BCUT2D eigenvalue weighted by Crippen LogP contribution is -2.58. The normalized spacial score (nSPS) is 14.4. The highest BCUT2D eigenvalue weighted by atomic mass is 16.4. The molecule has 1 aromatic carbocycles. The van der Waals surface area contributed by atoms with E-state index in [0.29, 0.717) is 24.9 Å². The fourth-order valence-corrected chi connectivity index (χ4v) is 3.58. The van der Waals surface area contributed by atoms with Gasteiger partial charge in [0.2, 0.25) is 17.7 Å². The maximum Gasteiger partial charge on any atom is 0.326 e. The number of unbranched alkanes of at least 4 members (excludes halogenated alkanes) is 1. The molecule has 2 rings (SSSR count). The fraction of sp³-hybridized carbons (Fsp3) is 0.478. The van der Waals surface area contributed by atoms with Crippen LogP contribution < -0.4 is 27.4 Å². The third-order valence-electron chi connectivity index (χ3n) is 5.64. The summed E-state index contributed by atoms with van der Waals surface area (Å²) in [5, 5.41) is 36.2. The Bertz CT molecular complexity index is 1040. The monoisotopic (exact) mass is 506 g/mol. The van der Waals surface area contributed by atoms with Crippen molar-refractivity contribution < 1.29 is 34.5 Å². The zero-order valence-electron chi connectivity index (χ0n) is 19.8. The molecule has 2 aromatic rings. The minimum atomic E-state index is -1.47. The lowest BCUT2D eigenvalue weighted by Gasteiger charge is -2.24. The molecule has 0 aliphatic heterocycles. The van der Waals surface area contributed by atoms with E-state index >= 15 is 0 Å². The van der Waals surface area contributed by atoms with Crippen LogP contribution in [0, 0.1) is 0 Å². The lowest BCUT2D eigenvalue weighted by molar-refractivity contribution is -0.142. The number of aromatic nitrogens is 1. The number of nitrogens with one attached hydrogen (secondary N) is 4. The van der Waals surface area contributed by atoms with Gasteiger partial charge in [-0.15, -0.1) is 0 Å². The van der Waals surface area contributed by atoms with Crippen LogP contribution >= 0.6 is 0 Å². The number of carbonyl (C=O) groups is 4. The second-order valence-corrected chi connectivity index (χ2v) is 8.34. The summed E-state index contributed by atoms with van der Waals surface area (Å²) in [7, 11) is 0. The molecule has 198 valence electrons. The molecule has 3 amide bonds. The van der Waals surface area contributed by atoms with Crippen LogP contribution in [0.2, 0.25) is 0 Å². The second kappa shape index (κ2) is 14.1. The smallest absolute Gasteiger partial charge is 0.326 e. The number of carbonyl (C=O) groups excluding carboxylic acids is 3. The van der Waals surface area contributed by atoms with Gasteiger partial charge in [-0.3, -0.25) is 14.4 Å². The number of aliphatic carboxylic acids is 1. The van der Waals surface area contributed by atoms with Gasteiger partial charge in [0.05, 0.1) is 13.2 Å². The van der Waals surface area contributed by atoms with Crippen LogP contribution in [-0.2, 0) is 25.6 Å². The van der Waals surface area contributed by atoms with Crippen LogP contribution in [0.25, 0.3) is 10.9 Å². The molecule has 4 atom stereocenters. The minimum Gasteiger partial charge on any atom is -0.480 e. The van der Waals surface area contributed by atoms with Gasteiger partial charge in [-0.05, 0) is 37.4 Å². The molecule has 0 fully saturated rings. The first kappa shape index (κ1) is 28.7. The van der Waals surface area contributed by atoms with E-state index in [0.717, 1.165) is 10.9 Å². The number of aliphatic hydroxyl groups excluding tert-OH is 2. The van der Waals surface area contributed by atoms with E-state index in [9.17, 15) is 34.5 Å². The number of aromatic amines is 1. The number of hydrogen-bond acceptors (Lipinski definition) is 8. The Kier molecular flexibility index (Phi) is 11.3. The summed E-state index contributed by atoms with van der Waals surface area (Å²) in [5.41, 5.74) is 12.5. The molecule has 0 bridgehead atoms. The summed E-state index contributed by atoms with van der Waals surface area (Å²) in [4.78, 5) is 52.6. The molecule has 11 N–H and O–H groups in total. The number of fused-ring (bicyclic) bond motifs is 1. The van der Waals surface area contributed by atoms with Gasteiger partial charge >= 0.3 is 5.97 Å². The number of carboxylic acids is 1. The molecular weight excluding hydrogens is 472 g/mol. The number of benzene rings is 1. The molecular formula is C23H34N6O7. The summed E-state index contributed by atoms with van der Waals surface area (Å²) < 4.78 is 0. The van der Waals surface area contributed by atoms with Crippen LogP contribution in [0.15, 0.2) is 30.5 Å². The van der Waals surface area contributed by atoms with Crippen LogP contribution in [0.1, 0.15) is 24.8 Å². The number of rotatable bonds is 15. The van der Waals surface area contributed by atoms with E-state index in [4.69, 9.17) is 11.5 Å². The maximum absolute atomic E-state index is 13.1. The van der Waals surface area contributed by atoms with Crippen LogP contribution in [0.5, 0.6) is 0 Å². The van der Waals surface area contributed by atoms with Crippen molar-refractivity contribution >= 4 is 34.6 Å². The average molecular weight is 507 g/mol. The Hall–Kier alpha value is -3.52. The van der Waals surface area contributed by atoms with Gasteiger partial charge in [-0.25, -0.2) is 4.79 Å². The van der Waals surface area contributed by atoms with E-state index in [1.807, 2.05) is 24.3 Å². The Morgan fingerprint density at radius 2 is 1.53 bits per heavy atom. The van der Waals surface area contributed by atoms with E-state index in [1.54, 1.807) is 6.20 Å². The SMILES string of the molecule is NCCCCC(NC(=O)C(CO)NC(=O)C(Cc1c[nH]c2ccccc12)NC(=O)C(N)CO)C(=O)O. The van der Waals surface area contributed by atoms with Gasteiger partial charge in [0.15, 0.2) is 0 Å². The molecule has 13 heteroatoms. The summed E-state index contributed by atoms with van der Waals surface area (Å²) in [6, 6.07) is 2.14. The summed E-state index contributed by atoms with van der Waals surface area (Å²) >= 11 is 0. The minimum absolute atomic E-state index is 0.0103. The van der Waals surface area contributed by atoms with E-state index < -0.39 is 61.1 Å². The zero-order chi connectivity index (χ0) is 26.7. The Morgan fingerprint density at radius 3 is 2.17 bits per heavy atom. The molecule has 4 unspecified atom stereocenters. The van der Waals surface area contributed by atoms with Gasteiger partial charge in [0.1, 0.15) is 24.2 Å². The molecule has 0 saturated carbocycles. The number of hydrogen-bond donors (Lipinski definition) is 9. The van der Waals surface area contributed by atoms with Gasteiger partial charge in [0.25, 0.3) is 0 Å². The molecule has 0 radical (unpaired) electrons. The summed E-state index contributed by atoms with van der Waals surface area (Å²) in [6.07, 6.45) is 2.86. The predicted octanol–water partition coefficient (Wildman–Crippen LogP) is -2.31. The predicted molar refractivity (Wildman–Crippen MR) is 130 cm³/mol. The first-order valence-electron chi connectivity index (χ1n) is 11.6. The Labute approximate surface area is 207 Å². The Morgan fingerprint density at radius 1 is 0.889 bits per heavy atom. The third kappa shape index (κ3) is 8.02. The van der Waals surface area contributed by atoms with Crippen LogP contribution in [-0.4, -0.2) is 87.9 Å². The van der Waals surface area contributed by atoms with Crippen molar-refractivity contribution in [2.24, 2.45) is 11.5 Å². The van der Waals surface area contributed by atoms with Crippen LogP contribution in [0.3, 0.4) is 0 Å². The molecule has 0 saturated heterocycles. The fourth-order valence-electron chi connectivity index (χ4n) is 3.58. The largest absolute Gasteiger partial charge is 0.480 e. The van der Waals surface area contributed by atoms with Crippen molar-refractivity contribution in [3.05, 3.63) is 36.0 Å². The van der Waals surface area contributed by atoms with Gasteiger partial charge in [0, 0.05) is 23.5 Å². The molecule has 13 nitrogen and oxygen atoms in total. The highest BCUT2D eigenvalue weighted by Gasteiger charge is 2.30. The van der Waals surface area contributed by atoms with Gasteiger partial charge in [-0.1, -0.05) is 18.2 Å². The topological polar surface area (TPSA) is 233 Å². The van der Waals surface area contributed by atoms with Gasteiger partial charge in [-0.2, -0.15) is 0 Å². The standard InChI is InChI=1S/C23H34N6O7/c24-8-4-3-7-17(23(35)36)27-22(34)19(12-31)29-21(33)18(28-20(32)15(25)11-30)9-13-10-26-16-6-2-1-5-14(13)16/h1-2,5-6,10,15,17-19,26,30-31H,3-4,7-9,11-12,24-25H2,(H,27,34)(H,28,32)(H,29,33)(H,35,36). The van der Waals surface area contributed by atoms with Crippen molar-refractivity contribution in [1.29, 1.82) is 0 Å². The van der Waals surface area contributed by atoms with Crippen molar-refractivity contribution in [2.45, 2.75) is 49.9 Å².